The van der Waals surface area contributed by atoms with Gasteiger partial charge in [0.2, 0.25) is 0 Å². The lowest BCUT2D eigenvalue weighted by Crippen LogP contribution is -2.46. The number of piperidine rings is 1. The molecule has 3 rings (SSSR count). The van der Waals surface area contributed by atoms with Gasteiger partial charge in [-0.1, -0.05) is 13.0 Å². The van der Waals surface area contributed by atoms with E-state index in [9.17, 15) is 9.59 Å². The molecule has 2 aromatic rings. The quantitative estimate of drug-likeness (QED) is 0.808. The number of hydrogen-bond acceptors (Lipinski definition) is 5. The van der Waals surface area contributed by atoms with Gasteiger partial charge in [0.25, 0.3) is 0 Å². The van der Waals surface area contributed by atoms with E-state index in [0.717, 1.165) is 23.3 Å². The first-order valence-electron chi connectivity index (χ1n) is 8.33. The lowest BCUT2D eigenvalue weighted by Gasteiger charge is -2.37. The zero-order valence-corrected chi connectivity index (χ0v) is 15.2. The first-order chi connectivity index (χ1) is 12.0. The van der Waals surface area contributed by atoms with Crippen LogP contribution in [0.2, 0.25) is 0 Å². The molecule has 0 saturated carbocycles. The van der Waals surface area contributed by atoms with Crippen molar-refractivity contribution in [2.45, 2.75) is 32.7 Å². The lowest BCUT2D eigenvalue weighted by molar-refractivity contribution is -0.146. The summed E-state index contributed by atoms with van der Waals surface area (Å²) < 4.78 is 0. The number of anilines is 2. The molecule has 0 bridgehead atoms. The average molecular weight is 358 g/mol. The Kier molecular flexibility index (Phi) is 5.03. The van der Waals surface area contributed by atoms with E-state index in [4.69, 9.17) is 5.73 Å². The fourth-order valence-corrected chi connectivity index (χ4v) is 4.00. The van der Waals surface area contributed by atoms with E-state index in [1.807, 2.05) is 17.5 Å². The van der Waals surface area contributed by atoms with Crippen LogP contribution >= 0.6 is 11.3 Å². The number of pyridine rings is 1. The highest BCUT2D eigenvalue weighted by molar-refractivity contribution is 7.10. The zero-order valence-electron chi connectivity index (χ0n) is 14.4. The fraction of sp³-hybridized carbons (Fsp3) is 0.389. The summed E-state index contributed by atoms with van der Waals surface area (Å²) in [7, 11) is 0. The summed E-state index contributed by atoms with van der Waals surface area (Å²) in [6.45, 7) is 4.50. The van der Waals surface area contributed by atoms with Gasteiger partial charge in [0, 0.05) is 11.4 Å². The molecule has 0 spiro atoms. The smallest absolute Gasteiger partial charge is 0.313 e. The summed E-state index contributed by atoms with van der Waals surface area (Å²) in [5.41, 5.74) is 6.92. The summed E-state index contributed by atoms with van der Waals surface area (Å²) in [4.78, 5) is 32.1. The maximum absolute atomic E-state index is 12.8. The highest BCUT2D eigenvalue weighted by Gasteiger charge is 2.34. The van der Waals surface area contributed by atoms with Crippen LogP contribution < -0.4 is 11.1 Å². The molecule has 2 aromatic heterocycles. The largest absolute Gasteiger partial charge is 0.383 e. The number of aryl methyl sites for hydroxylation is 1. The Labute approximate surface area is 151 Å². The van der Waals surface area contributed by atoms with Gasteiger partial charge in [-0.2, -0.15) is 0 Å². The van der Waals surface area contributed by atoms with E-state index in [-0.39, 0.29) is 6.04 Å². The van der Waals surface area contributed by atoms with Crippen LogP contribution in [0.15, 0.2) is 29.8 Å². The number of nitrogens with zero attached hydrogens (tertiary/aromatic N) is 2. The van der Waals surface area contributed by atoms with Gasteiger partial charge >= 0.3 is 11.8 Å². The van der Waals surface area contributed by atoms with Crippen molar-refractivity contribution >= 4 is 34.7 Å². The maximum Gasteiger partial charge on any atom is 0.313 e. The summed E-state index contributed by atoms with van der Waals surface area (Å²) in [5.74, 6) is -0.346. The number of amides is 2. The highest BCUT2D eigenvalue weighted by Crippen LogP contribution is 2.35. The second-order valence-corrected chi connectivity index (χ2v) is 7.53. The van der Waals surface area contributed by atoms with E-state index in [0.29, 0.717) is 24.0 Å². The first kappa shape index (κ1) is 17.4. The molecule has 1 aliphatic rings. The van der Waals surface area contributed by atoms with Gasteiger partial charge in [-0.15, -0.1) is 11.3 Å². The first-order valence-corrected chi connectivity index (χ1v) is 9.21. The Hall–Kier alpha value is -2.41. The highest BCUT2D eigenvalue weighted by atomic mass is 32.1. The molecule has 6 nitrogen and oxygen atoms in total. The number of hydrogen-bond donors (Lipinski definition) is 2. The van der Waals surface area contributed by atoms with Crippen molar-refractivity contribution in [2.24, 2.45) is 5.92 Å². The Morgan fingerprint density at radius 1 is 1.40 bits per heavy atom. The molecule has 3 N–H and O–H groups in total. The SMILES string of the molecule is Cc1cc(NC(=O)C(=O)N2C[C@H](C)CC[C@H]2c2cccs2)cnc1N. The molecule has 0 unspecified atom stereocenters. The number of nitrogens with one attached hydrogen (secondary N) is 1. The number of thiophene rings is 1. The minimum absolute atomic E-state index is 0.0271. The predicted octanol–water partition coefficient (Wildman–Crippen LogP) is 2.97. The minimum Gasteiger partial charge on any atom is -0.383 e. The normalized spacial score (nSPS) is 20.3. The van der Waals surface area contributed by atoms with Crippen LogP contribution in [-0.4, -0.2) is 28.2 Å². The monoisotopic (exact) mass is 358 g/mol. The summed E-state index contributed by atoms with van der Waals surface area (Å²) >= 11 is 1.62. The van der Waals surface area contributed by atoms with Crippen LogP contribution in [0.3, 0.4) is 0 Å². The van der Waals surface area contributed by atoms with Gasteiger partial charge in [-0.3, -0.25) is 9.59 Å². The van der Waals surface area contributed by atoms with Gasteiger partial charge in [-0.25, -0.2) is 4.98 Å². The summed E-state index contributed by atoms with van der Waals surface area (Å²) in [6.07, 6.45) is 3.39. The van der Waals surface area contributed by atoms with Crippen molar-refractivity contribution in [1.82, 2.24) is 9.88 Å². The molecule has 2 atom stereocenters. The molecule has 1 aliphatic heterocycles. The molecule has 1 saturated heterocycles. The van der Waals surface area contributed by atoms with Crippen LogP contribution in [0, 0.1) is 12.8 Å². The number of carbonyl (C=O) groups is 2. The Morgan fingerprint density at radius 2 is 2.20 bits per heavy atom. The van der Waals surface area contributed by atoms with Crippen LogP contribution in [0.25, 0.3) is 0 Å². The number of nitrogens with two attached hydrogens (primary N) is 1. The Morgan fingerprint density at radius 3 is 2.88 bits per heavy atom. The number of nitrogen functional groups attached to an aromatic ring is 1. The number of aromatic nitrogens is 1. The van der Waals surface area contributed by atoms with Crippen LogP contribution in [0.5, 0.6) is 0 Å². The molecule has 3 heterocycles. The lowest BCUT2D eigenvalue weighted by atomic mass is 9.93. The van der Waals surface area contributed by atoms with Crippen molar-refractivity contribution < 1.29 is 9.59 Å². The second kappa shape index (κ2) is 7.23. The van der Waals surface area contributed by atoms with Gasteiger partial charge in [0.05, 0.1) is 17.9 Å². The van der Waals surface area contributed by atoms with E-state index in [1.165, 1.54) is 6.20 Å². The van der Waals surface area contributed by atoms with E-state index < -0.39 is 11.8 Å². The minimum atomic E-state index is -0.637. The topological polar surface area (TPSA) is 88.3 Å². The van der Waals surface area contributed by atoms with Crippen LogP contribution in [0.4, 0.5) is 11.5 Å². The molecule has 0 radical (unpaired) electrons. The van der Waals surface area contributed by atoms with Gasteiger partial charge in [0.1, 0.15) is 5.82 Å². The molecule has 25 heavy (non-hydrogen) atoms. The third-order valence-electron chi connectivity index (χ3n) is 4.52. The average Bonchev–Trinajstić information content (AvgIpc) is 3.11. The van der Waals surface area contributed by atoms with Crippen molar-refractivity contribution in [2.75, 3.05) is 17.6 Å². The number of rotatable bonds is 2. The zero-order chi connectivity index (χ0) is 18.0. The predicted molar refractivity (Wildman–Crippen MR) is 99.2 cm³/mol. The Bertz CT molecular complexity index is 775. The summed E-state index contributed by atoms with van der Waals surface area (Å²) in [6, 6.07) is 5.68. The number of carbonyl (C=O) groups excluding carboxylic acids is 2. The van der Waals surface area contributed by atoms with Crippen LogP contribution in [0.1, 0.15) is 36.2 Å². The van der Waals surface area contributed by atoms with Crippen molar-refractivity contribution in [1.29, 1.82) is 0 Å². The molecule has 2 amide bonds. The van der Waals surface area contributed by atoms with Gasteiger partial charge in [-0.05, 0) is 48.8 Å². The molecule has 0 aromatic carbocycles. The molecule has 132 valence electrons. The van der Waals surface area contributed by atoms with Crippen molar-refractivity contribution in [3.05, 3.63) is 40.2 Å². The van der Waals surface area contributed by atoms with Crippen LogP contribution in [-0.2, 0) is 9.59 Å². The van der Waals surface area contributed by atoms with E-state index in [2.05, 4.69) is 17.2 Å². The van der Waals surface area contributed by atoms with Crippen molar-refractivity contribution in [3.63, 3.8) is 0 Å². The van der Waals surface area contributed by atoms with Gasteiger partial charge < -0.3 is 16.0 Å². The van der Waals surface area contributed by atoms with E-state index in [1.54, 1.807) is 29.2 Å². The third-order valence-corrected chi connectivity index (χ3v) is 5.49. The van der Waals surface area contributed by atoms with Gasteiger partial charge in [0.15, 0.2) is 0 Å². The molecular weight excluding hydrogens is 336 g/mol. The van der Waals surface area contributed by atoms with E-state index >= 15 is 0 Å². The molecule has 1 fully saturated rings. The second-order valence-electron chi connectivity index (χ2n) is 6.55. The molecule has 7 heteroatoms. The standard InChI is InChI=1S/C18H22N4O2S/c1-11-5-6-14(15-4-3-7-25-15)22(10-11)18(24)17(23)21-13-8-12(2)16(19)20-9-13/h3-4,7-9,11,14H,5-6,10H2,1-2H3,(H2,19,20)(H,21,23)/t11-,14+/m1/s1. The fourth-order valence-electron chi connectivity index (χ4n) is 3.12. The summed E-state index contributed by atoms with van der Waals surface area (Å²) in [5, 5.41) is 4.64. The number of likely N-dealkylation sites (tertiary alicyclic amines) is 1. The molecule has 0 aliphatic carbocycles. The Balaban J connectivity index is 1.76. The molecular formula is C18H22N4O2S. The third kappa shape index (κ3) is 3.82. The maximum atomic E-state index is 12.8. The van der Waals surface area contributed by atoms with Crippen molar-refractivity contribution in [3.8, 4) is 0 Å².